The van der Waals surface area contributed by atoms with Crippen LogP contribution >= 0.6 is 0 Å². The summed E-state index contributed by atoms with van der Waals surface area (Å²) in [6.45, 7) is 1.26. The standard InChI is InChI=1S/C23H25N3O3/c27-19(25-9-5-14(6-10-25)13-3-7-24-8-4-13)12-26-22(28)20-15-1-2-16(18-11-17(15)18)21(20)23(26)29/h1-4,7-8,14-18,20-21H,5-6,9-12H2/t15-,16-,17-,18-,20+,21+/m0/s1. The first-order chi connectivity index (χ1) is 14.1. The highest BCUT2D eigenvalue weighted by atomic mass is 16.2. The van der Waals surface area contributed by atoms with Crippen LogP contribution < -0.4 is 0 Å². The number of piperidine rings is 1. The number of amides is 3. The van der Waals surface area contributed by atoms with Gasteiger partial charge in [-0.1, -0.05) is 12.2 Å². The molecule has 2 saturated heterocycles. The summed E-state index contributed by atoms with van der Waals surface area (Å²) in [6.07, 6.45) is 10.9. The fourth-order valence-corrected chi connectivity index (χ4v) is 6.51. The third kappa shape index (κ3) is 2.54. The molecule has 4 fully saturated rings. The van der Waals surface area contributed by atoms with Crippen LogP contribution in [0.2, 0.25) is 0 Å². The molecule has 0 spiro atoms. The van der Waals surface area contributed by atoms with Crippen molar-refractivity contribution in [1.29, 1.82) is 0 Å². The van der Waals surface area contributed by atoms with Gasteiger partial charge in [0.2, 0.25) is 17.7 Å². The van der Waals surface area contributed by atoms with E-state index in [2.05, 4.69) is 17.1 Å². The summed E-state index contributed by atoms with van der Waals surface area (Å²) < 4.78 is 0. The lowest BCUT2D eigenvalue weighted by Crippen LogP contribution is -2.46. The van der Waals surface area contributed by atoms with Crippen LogP contribution in [0.4, 0.5) is 0 Å². The third-order valence-electron chi connectivity index (χ3n) is 8.07. The van der Waals surface area contributed by atoms with Crippen molar-refractivity contribution in [3.05, 3.63) is 42.2 Å². The minimum Gasteiger partial charge on any atom is -0.341 e. The van der Waals surface area contributed by atoms with Crippen LogP contribution in [0.3, 0.4) is 0 Å². The van der Waals surface area contributed by atoms with E-state index in [-0.39, 0.29) is 47.9 Å². The number of likely N-dealkylation sites (tertiary alicyclic amines) is 2. The van der Waals surface area contributed by atoms with Crippen LogP contribution in [0.5, 0.6) is 0 Å². The fourth-order valence-electron chi connectivity index (χ4n) is 6.51. The Morgan fingerprint density at radius 3 is 2.14 bits per heavy atom. The second-order valence-corrected chi connectivity index (χ2v) is 9.35. The zero-order valence-electron chi connectivity index (χ0n) is 16.3. The first-order valence-corrected chi connectivity index (χ1v) is 10.8. The molecule has 150 valence electrons. The Hall–Kier alpha value is -2.50. The lowest BCUT2D eigenvalue weighted by atomic mass is 9.63. The molecule has 6 aliphatic rings. The number of hydrogen-bond donors (Lipinski definition) is 0. The molecule has 3 heterocycles. The van der Waals surface area contributed by atoms with Gasteiger partial charge in [0.05, 0.1) is 11.8 Å². The monoisotopic (exact) mass is 391 g/mol. The number of allylic oxidation sites excluding steroid dienone is 2. The number of hydrogen-bond acceptors (Lipinski definition) is 4. The zero-order chi connectivity index (χ0) is 19.7. The van der Waals surface area contributed by atoms with E-state index < -0.39 is 0 Å². The zero-order valence-corrected chi connectivity index (χ0v) is 16.3. The van der Waals surface area contributed by atoms with Gasteiger partial charge in [-0.25, -0.2) is 0 Å². The number of aromatic nitrogens is 1. The van der Waals surface area contributed by atoms with Crippen molar-refractivity contribution in [1.82, 2.24) is 14.8 Å². The second-order valence-electron chi connectivity index (χ2n) is 9.35. The molecule has 6 nitrogen and oxygen atoms in total. The van der Waals surface area contributed by atoms with Gasteiger partial charge in [-0.2, -0.15) is 0 Å². The Morgan fingerprint density at radius 2 is 1.55 bits per heavy atom. The SMILES string of the molecule is O=C(CN1C(=O)[C@@H]2[C@H]3C=C[C@@H]([C@@H]4C[C@@H]34)[C@H]2C1=O)N1CCC(c2ccncc2)CC1. The second kappa shape index (κ2) is 6.25. The molecule has 2 bridgehead atoms. The third-order valence-corrected chi connectivity index (χ3v) is 8.07. The number of imide groups is 1. The maximum absolute atomic E-state index is 13.1. The summed E-state index contributed by atoms with van der Waals surface area (Å²) in [4.78, 5) is 46.2. The van der Waals surface area contributed by atoms with E-state index in [1.54, 1.807) is 0 Å². The Balaban J connectivity index is 1.11. The molecule has 2 saturated carbocycles. The Kier molecular flexibility index (Phi) is 3.74. The van der Waals surface area contributed by atoms with Crippen molar-refractivity contribution in [2.45, 2.75) is 25.2 Å². The highest BCUT2D eigenvalue weighted by molar-refractivity contribution is 6.08. The molecular formula is C23H25N3O3. The summed E-state index contributed by atoms with van der Waals surface area (Å²) in [5, 5.41) is 0. The Labute approximate surface area is 170 Å². The van der Waals surface area contributed by atoms with Gasteiger partial charge in [0.1, 0.15) is 6.54 Å². The van der Waals surface area contributed by atoms with Crippen LogP contribution in [0.25, 0.3) is 0 Å². The summed E-state index contributed by atoms with van der Waals surface area (Å²) in [7, 11) is 0. The van der Waals surface area contributed by atoms with Crippen molar-refractivity contribution < 1.29 is 14.4 Å². The largest absolute Gasteiger partial charge is 0.341 e. The molecule has 0 radical (unpaired) electrons. The van der Waals surface area contributed by atoms with Crippen molar-refractivity contribution in [2.75, 3.05) is 19.6 Å². The normalized spacial score (nSPS) is 37.7. The van der Waals surface area contributed by atoms with Crippen molar-refractivity contribution in [2.24, 2.45) is 35.5 Å². The minimum absolute atomic E-state index is 0.0840. The number of nitrogens with zero attached hydrogens (tertiary/aromatic N) is 3. The van der Waals surface area contributed by atoms with Gasteiger partial charge in [0.15, 0.2) is 0 Å². The molecular weight excluding hydrogens is 366 g/mol. The Bertz CT molecular complexity index is 869. The van der Waals surface area contributed by atoms with Gasteiger partial charge < -0.3 is 4.90 Å². The van der Waals surface area contributed by atoms with Crippen LogP contribution in [0.1, 0.15) is 30.7 Å². The van der Waals surface area contributed by atoms with Gasteiger partial charge in [0.25, 0.3) is 0 Å². The average molecular weight is 391 g/mol. The molecule has 6 atom stereocenters. The molecule has 3 amide bonds. The first-order valence-electron chi connectivity index (χ1n) is 10.8. The number of pyridine rings is 1. The van der Waals surface area contributed by atoms with E-state index in [0.29, 0.717) is 30.8 Å². The van der Waals surface area contributed by atoms with Gasteiger partial charge >= 0.3 is 0 Å². The number of carbonyl (C=O) groups excluding carboxylic acids is 3. The smallest absolute Gasteiger partial charge is 0.242 e. The van der Waals surface area contributed by atoms with Crippen LogP contribution in [0, 0.1) is 35.5 Å². The molecule has 0 aromatic carbocycles. The number of rotatable bonds is 3. The van der Waals surface area contributed by atoms with Crippen molar-refractivity contribution >= 4 is 17.7 Å². The van der Waals surface area contributed by atoms with Crippen LogP contribution in [-0.4, -0.2) is 52.1 Å². The molecule has 0 unspecified atom stereocenters. The molecule has 6 heteroatoms. The van der Waals surface area contributed by atoms with Crippen LogP contribution in [-0.2, 0) is 14.4 Å². The number of carbonyl (C=O) groups is 3. The fraction of sp³-hybridized carbons (Fsp3) is 0.565. The Morgan fingerprint density at radius 1 is 0.966 bits per heavy atom. The van der Waals surface area contributed by atoms with E-state index in [4.69, 9.17) is 0 Å². The summed E-state index contributed by atoms with van der Waals surface area (Å²) in [5.41, 5.74) is 1.27. The average Bonchev–Trinajstić information content (AvgIpc) is 3.55. The summed E-state index contributed by atoms with van der Waals surface area (Å²) >= 11 is 0. The predicted octanol–water partition coefficient (Wildman–Crippen LogP) is 1.84. The lowest BCUT2D eigenvalue weighted by molar-refractivity contribution is -0.147. The van der Waals surface area contributed by atoms with Gasteiger partial charge in [-0.15, -0.1) is 0 Å². The van der Waals surface area contributed by atoms with E-state index in [0.717, 1.165) is 19.3 Å². The maximum atomic E-state index is 13.1. The van der Waals surface area contributed by atoms with E-state index in [1.807, 2.05) is 29.4 Å². The molecule has 0 N–H and O–H groups in total. The quantitative estimate of drug-likeness (QED) is 0.582. The predicted molar refractivity (Wildman–Crippen MR) is 104 cm³/mol. The van der Waals surface area contributed by atoms with Gasteiger partial charge in [-0.05, 0) is 66.5 Å². The molecule has 1 aromatic rings. The van der Waals surface area contributed by atoms with Crippen molar-refractivity contribution in [3.8, 4) is 0 Å². The van der Waals surface area contributed by atoms with E-state index in [9.17, 15) is 14.4 Å². The van der Waals surface area contributed by atoms with Crippen LogP contribution in [0.15, 0.2) is 36.7 Å². The summed E-state index contributed by atoms with van der Waals surface area (Å²) in [6, 6.07) is 4.08. The first kappa shape index (κ1) is 17.4. The molecule has 7 rings (SSSR count). The minimum atomic E-state index is -0.216. The highest BCUT2D eigenvalue weighted by Crippen LogP contribution is 2.65. The van der Waals surface area contributed by atoms with Gasteiger partial charge in [-0.3, -0.25) is 24.3 Å². The molecule has 2 aliphatic heterocycles. The summed E-state index contributed by atoms with van der Waals surface area (Å²) in [5.74, 6) is 1.30. The maximum Gasteiger partial charge on any atom is 0.242 e. The highest BCUT2D eigenvalue weighted by Gasteiger charge is 2.67. The topological polar surface area (TPSA) is 70.6 Å². The van der Waals surface area contributed by atoms with Gasteiger partial charge in [0, 0.05) is 25.5 Å². The molecule has 29 heavy (non-hydrogen) atoms. The molecule has 4 aliphatic carbocycles. The van der Waals surface area contributed by atoms with E-state index >= 15 is 0 Å². The molecule has 1 aromatic heterocycles. The van der Waals surface area contributed by atoms with E-state index in [1.165, 1.54) is 10.5 Å². The van der Waals surface area contributed by atoms with Crippen molar-refractivity contribution in [3.63, 3.8) is 0 Å². The lowest BCUT2D eigenvalue weighted by Gasteiger charge is -2.37.